The Labute approximate surface area is 162 Å². The first kappa shape index (κ1) is 19.1. The SMILES string of the molecule is CN=C(NCc1ccccc1OC1CCCC1)NC1CC=CC1.I. The number of nitrogens with zero attached hydrogens (tertiary/aromatic N) is 1. The van der Waals surface area contributed by atoms with Crippen LogP contribution >= 0.6 is 24.0 Å². The molecule has 0 aromatic heterocycles. The minimum Gasteiger partial charge on any atom is -0.490 e. The predicted octanol–water partition coefficient (Wildman–Crippen LogP) is 4.01. The molecule has 0 saturated heterocycles. The fourth-order valence-electron chi connectivity index (χ4n) is 3.25. The second-order valence-corrected chi connectivity index (χ2v) is 6.34. The van der Waals surface area contributed by atoms with E-state index < -0.39 is 0 Å². The molecule has 0 spiro atoms. The number of hydrogen-bond acceptors (Lipinski definition) is 2. The fraction of sp³-hybridized carbons (Fsp3) is 0.526. The molecule has 4 nitrogen and oxygen atoms in total. The van der Waals surface area contributed by atoms with Crippen molar-refractivity contribution in [2.45, 2.75) is 57.2 Å². The van der Waals surface area contributed by atoms with Gasteiger partial charge in [0.15, 0.2) is 5.96 Å². The molecule has 132 valence electrons. The number of para-hydroxylation sites is 1. The molecule has 0 atom stereocenters. The minimum absolute atomic E-state index is 0. The third-order valence-electron chi connectivity index (χ3n) is 4.59. The molecule has 2 N–H and O–H groups in total. The van der Waals surface area contributed by atoms with Crippen LogP contribution in [0, 0.1) is 0 Å². The van der Waals surface area contributed by atoms with Crippen LogP contribution in [0.15, 0.2) is 41.4 Å². The maximum Gasteiger partial charge on any atom is 0.191 e. The van der Waals surface area contributed by atoms with Crippen LogP contribution in [-0.2, 0) is 6.54 Å². The molecule has 1 aromatic carbocycles. The van der Waals surface area contributed by atoms with Crippen molar-refractivity contribution in [1.29, 1.82) is 0 Å². The second-order valence-electron chi connectivity index (χ2n) is 6.34. The molecular weight excluding hydrogens is 413 g/mol. The number of rotatable bonds is 5. The second kappa shape index (κ2) is 9.91. The molecule has 2 aliphatic carbocycles. The van der Waals surface area contributed by atoms with Crippen LogP contribution in [0.2, 0.25) is 0 Å². The summed E-state index contributed by atoms with van der Waals surface area (Å²) in [5.41, 5.74) is 1.19. The molecule has 24 heavy (non-hydrogen) atoms. The van der Waals surface area contributed by atoms with Gasteiger partial charge in [0.2, 0.25) is 0 Å². The Kier molecular flexibility index (Phi) is 7.88. The topological polar surface area (TPSA) is 45.7 Å². The van der Waals surface area contributed by atoms with Gasteiger partial charge in [-0.2, -0.15) is 0 Å². The Morgan fingerprint density at radius 3 is 2.58 bits per heavy atom. The van der Waals surface area contributed by atoms with Crippen molar-refractivity contribution >= 4 is 29.9 Å². The Balaban J connectivity index is 0.00000208. The van der Waals surface area contributed by atoms with E-state index in [0.717, 1.165) is 31.1 Å². The maximum absolute atomic E-state index is 6.20. The van der Waals surface area contributed by atoms with Gasteiger partial charge in [-0.1, -0.05) is 30.4 Å². The Bertz CT molecular complexity index is 559. The third kappa shape index (κ3) is 5.40. The number of aliphatic imine (C=N–C) groups is 1. The average Bonchev–Trinajstić information content (AvgIpc) is 3.26. The van der Waals surface area contributed by atoms with Gasteiger partial charge < -0.3 is 15.4 Å². The number of guanidine groups is 1. The lowest BCUT2D eigenvalue weighted by Gasteiger charge is -2.19. The van der Waals surface area contributed by atoms with Gasteiger partial charge in [-0.25, -0.2) is 0 Å². The summed E-state index contributed by atoms with van der Waals surface area (Å²) < 4.78 is 6.20. The zero-order valence-electron chi connectivity index (χ0n) is 14.3. The van der Waals surface area contributed by atoms with Crippen LogP contribution in [0.1, 0.15) is 44.1 Å². The van der Waals surface area contributed by atoms with E-state index in [2.05, 4.69) is 46.0 Å². The zero-order chi connectivity index (χ0) is 15.9. The van der Waals surface area contributed by atoms with E-state index in [1.54, 1.807) is 0 Å². The lowest BCUT2D eigenvalue weighted by atomic mass is 10.2. The zero-order valence-corrected chi connectivity index (χ0v) is 16.7. The lowest BCUT2D eigenvalue weighted by Crippen LogP contribution is -2.42. The van der Waals surface area contributed by atoms with E-state index in [0.29, 0.717) is 12.1 Å². The molecule has 3 rings (SSSR count). The Morgan fingerprint density at radius 1 is 1.17 bits per heavy atom. The van der Waals surface area contributed by atoms with Crippen molar-refractivity contribution in [3.8, 4) is 5.75 Å². The summed E-state index contributed by atoms with van der Waals surface area (Å²) in [5.74, 6) is 1.86. The molecule has 0 amide bonds. The number of halogens is 1. The summed E-state index contributed by atoms with van der Waals surface area (Å²) in [5, 5.41) is 6.87. The quantitative estimate of drug-likeness (QED) is 0.314. The highest BCUT2D eigenvalue weighted by Gasteiger charge is 2.18. The van der Waals surface area contributed by atoms with E-state index in [4.69, 9.17) is 4.74 Å². The van der Waals surface area contributed by atoms with Crippen molar-refractivity contribution in [2.24, 2.45) is 4.99 Å². The Morgan fingerprint density at radius 2 is 1.88 bits per heavy atom. The summed E-state index contributed by atoms with van der Waals surface area (Å²) in [6, 6.07) is 8.78. The maximum atomic E-state index is 6.20. The molecule has 1 saturated carbocycles. The van der Waals surface area contributed by atoms with Crippen molar-refractivity contribution in [3.05, 3.63) is 42.0 Å². The number of nitrogens with one attached hydrogen (secondary N) is 2. The molecule has 1 fully saturated rings. The van der Waals surface area contributed by atoms with Crippen LogP contribution in [0.5, 0.6) is 5.75 Å². The standard InChI is InChI=1S/C19H27N3O.HI/c1-20-19(22-16-9-3-4-10-16)21-14-15-8-2-7-13-18(15)23-17-11-5-6-12-17;/h2-4,7-8,13,16-17H,5-6,9-12,14H2,1H3,(H2,20,21,22);1H. The van der Waals surface area contributed by atoms with Gasteiger partial charge >= 0.3 is 0 Å². The van der Waals surface area contributed by atoms with Gasteiger partial charge in [-0.15, -0.1) is 24.0 Å². The first-order valence-corrected chi connectivity index (χ1v) is 8.72. The van der Waals surface area contributed by atoms with Crippen LogP contribution in [-0.4, -0.2) is 25.2 Å². The first-order valence-electron chi connectivity index (χ1n) is 8.72. The van der Waals surface area contributed by atoms with E-state index >= 15 is 0 Å². The fourth-order valence-corrected chi connectivity index (χ4v) is 3.25. The van der Waals surface area contributed by atoms with Gasteiger partial charge in [0.05, 0.1) is 6.10 Å². The monoisotopic (exact) mass is 441 g/mol. The Hall–Kier alpha value is -1.24. The normalized spacial score (nSPS) is 18.5. The van der Waals surface area contributed by atoms with Gasteiger partial charge in [-0.05, 0) is 44.6 Å². The number of benzene rings is 1. The van der Waals surface area contributed by atoms with E-state index in [9.17, 15) is 0 Å². The van der Waals surface area contributed by atoms with Crippen LogP contribution < -0.4 is 15.4 Å². The average molecular weight is 441 g/mol. The highest BCUT2D eigenvalue weighted by Crippen LogP contribution is 2.26. The van der Waals surface area contributed by atoms with Crippen molar-refractivity contribution in [3.63, 3.8) is 0 Å². The van der Waals surface area contributed by atoms with Gasteiger partial charge in [0.25, 0.3) is 0 Å². The van der Waals surface area contributed by atoms with Gasteiger partial charge in [-0.3, -0.25) is 4.99 Å². The van der Waals surface area contributed by atoms with Crippen LogP contribution in [0.4, 0.5) is 0 Å². The van der Waals surface area contributed by atoms with Crippen molar-refractivity contribution in [1.82, 2.24) is 10.6 Å². The van der Waals surface area contributed by atoms with Crippen molar-refractivity contribution in [2.75, 3.05) is 7.05 Å². The largest absolute Gasteiger partial charge is 0.490 e. The summed E-state index contributed by atoms with van der Waals surface area (Å²) in [7, 11) is 1.82. The summed E-state index contributed by atoms with van der Waals surface area (Å²) in [4.78, 5) is 4.33. The van der Waals surface area contributed by atoms with Crippen molar-refractivity contribution < 1.29 is 4.74 Å². The van der Waals surface area contributed by atoms with Gasteiger partial charge in [0, 0.05) is 25.2 Å². The molecule has 1 aromatic rings. The molecule has 0 unspecified atom stereocenters. The number of hydrogen-bond donors (Lipinski definition) is 2. The predicted molar refractivity (Wildman–Crippen MR) is 110 cm³/mol. The lowest BCUT2D eigenvalue weighted by molar-refractivity contribution is 0.208. The summed E-state index contributed by atoms with van der Waals surface area (Å²) >= 11 is 0. The van der Waals surface area contributed by atoms with E-state index in [-0.39, 0.29) is 24.0 Å². The molecule has 0 bridgehead atoms. The molecule has 0 aliphatic heterocycles. The molecule has 0 radical (unpaired) electrons. The number of ether oxygens (including phenoxy) is 1. The molecule has 0 heterocycles. The minimum atomic E-state index is 0. The molecule has 2 aliphatic rings. The smallest absolute Gasteiger partial charge is 0.191 e. The molecule has 5 heteroatoms. The molecular formula is C19H28IN3O. The first-order chi connectivity index (χ1) is 11.3. The highest BCUT2D eigenvalue weighted by molar-refractivity contribution is 14.0. The summed E-state index contributed by atoms with van der Waals surface area (Å²) in [6.45, 7) is 0.725. The highest BCUT2D eigenvalue weighted by atomic mass is 127. The van der Waals surface area contributed by atoms with E-state index in [1.807, 2.05) is 13.1 Å². The third-order valence-corrected chi connectivity index (χ3v) is 4.59. The summed E-state index contributed by atoms with van der Waals surface area (Å²) in [6.07, 6.45) is 11.9. The van der Waals surface area contributed by atoms with Crippen LogP contribution in [0.25, 0.3) is 0 Å². The van der Waals surface area contributed by atoms with Crippen LogP contribution in [0.3, 0.4) is 0 Å². The van der Waals surface area contributed by atoms with Gasteiger partial charge in [0.1, 0.15) is 5.75 Å². The van der Waals surface area contributed by atoms with E-state index in [1.165, 1.54) is 31.2 Å².